The molecule has 1 fully saturated rings. The molecular formula is C18H23F4N3O3S. The smallest absolute Gasteiger partial charge is 0.419 e. The number of H-pyrrole nitrogens is 1. The summed E-state index contributed by atoms with van der Waals surface area (Å²) in [7, 11) is -3.45. The van der Waals surface area contributed by atoms with Gasteiger partial charge >= 0.3 is 6.18 Å². The van der Waals surface area contributed by atoms with Crippen LogP contribution in [-0.2, 0) is 16.2 Å². The molecule has 0 unspecified atom stereocenters. The predicted octanol–water partition coefficient (Wildman–Crippen LogP) is 4.13. The molecule has 29 heavy (non-hydrogen) atoms. The number of hydrogen-bond acceptors (Lipinski definition) is 4. The van der Waals surface area contributed by atoms with Crippen LogP contribution >= 0.6 is 0 Å². The van der Waals surface area contributed by atoms with Crippen molar-refractivity contribution >= 4 is 21.1 Å². The first kappa shape index (κ1) is 21.8. The van der Waals surface area contributed by atoms with Crippen molar-refractivity contribution < 1.29 is 30.7 Å². The van der Waals surface area contributed by atoms with Crippen LogP contribution < -0.4 is 9.46 Å². The van der Waals surface area contributed by atoms with Crippen molar-refractivity contribution in [1.82, 2.24) is 14.7 Å². The maximum Gasteiger partial charge on any atom is 0.419 e. The first-order valence-corrected chi connectivity index (χ1v) is 10.7. The van der Waals surface area contributed by atoms with Gasteiger partial charge in [-0.3, -0.25) is 0 Å². The number of aromatic nitrogens is 2. The summed E-state index contributed by atoms with van der Waals surface area (Å²) in [6.45, 7) is 4.87. The van der Waals surface area contributed by atoms with E-state index in [-0.39, 0.29) is 29.2 Å². The summed E-state index contributed by atoms with van der Waals surface area (Å²) in [6, 6.07) is 1.21. The van der Waals surface area contributed by atoms with E-state index in [0.717, 1.165) is 6.07 Å². The van der Waals surface area contributed by atoms with Crippen molar-refractivity contribution in [2.75, 3.05) is 0 Å². The minimum absolute atomic E-state index is 0.0115. The van der Waals surface area contributed by atoms with Crippen molar-refractivity contribution in [3.05, 3.63) is 23.5 Å². The van der Waals surface area contributed by atoms with Crippen molar-refractivity contribution in [2.45, 2.75) is 69.5 Å². The summed E-state index contributed by atoms with van der Waals surface area (Å²) in [5, 5.41) is 0. The molecule has 162 valence electrons. The molecule has 0 aliphatic heterocycles. The lowest BCUT2D eigenvalue weighted by molar-refractivity contribution is -0.139. The second kappa shape index (κ2) is 7.42. The van der Waals surface area contributed by atoms with Gasteiger partial charge in [-0.05, 0) is 52.5 Å². The van der Waals surface area contributed by atoms with Gasteiger partial charge in [-0.15, -0.1) is 0 Å². The Kier molecular flexibility index (Phi) is 5.59. The highest BCUT2D eigenvalue weighted by Crippen LogP contribution is 2.34. The first-order valence-electron chi connectivity index (χ1n) is 9.21. The molecule has 1 saturated carbocycles. The molecule has 0 spiro atoms. The molecule has 1 aromatic carbocycles. The van der Waals surface area contributed by atoms with Gasteiger partial charge in [0.15, 0.2) is 0 Å². The lowest BCUT2D eigenvalue weighted by Crippen LogP contribution is -2.46. The molecule has 2 aromatic rings. The molecule has 0 saturated heterocycles. The second-order valence-electron chi connectivity index (χ2n) is 8.21. The van der Waals surface area contributed by atoms with Gasteiger partial charge in [0.05, 0.1) is 21.3 Å². The third-order valence-corrected chi connectivity index (χ3v) is 7.19. The van der Waals surface area contributed by atoms with E-state index in [0.29, 0.717) is 31.7 Å². The van der Waals surface area contributed by atoms with E-state index >= 15 is 0 Å². The topological polar surface area (TPSA) is 84.1 Å². The average Bonchev–Trinajstić information content (AvgIpc) is 2.94. The Morgan fingerprint density at radius 2 is 1.76 bits per heavy atom. The zero-order valence-electron chi connectivity index (χ0n) is 16.2. The predicted molar refractivity (Wildman–Crippen MR) is 99.5 cm³/mol. The fraction of sp³-hybridized carbons (Fsp3) is 0.611. The van der Waals surface area contributed by atoms with Gasteiger partial charge in [-0.25, -0.2) is 17.5 Å². The molecule has 1 heterocycles. The SMILES string of the molecule is CC(C)(C)S(=O)(=O)NC1CCC(Oc2nc3cc(F)c(C(F)(F)F)cc3[nH]2)CC1. The molecule has 1 aliphatic rings. The molecule has 2 N–H and O–H groups in total. The van der Waals surface area contributed by atoms with E-state index in [1.54, 1.807) is 20.8 Å². The Labute approximate surface area is 166 Å². The molecule has 11 heteroatoms. The normalized spacial score (nSPS) is 21.5. The summed E-state index contributed by atoms with van der Waals surface area (Å²) in [5.74, 6) is -1.39. The number of alkyl halides is 3. The Morgan fingerprint density at radius 3 is 2.31 bits per heavy atom. The number of ether oxygens (including phenoxy) is 1. The van der Waals surface area contributed by atoms with Gasteiger partial charge < -0.3 is 9.72 Å². The lowest BCUT2D eigenvalue weighted by atomic mass is 9.94. The summed E-state index contributed by atoms with van der Waals surface area (Å²) in [4.78, 5) is 6.65. The average molecular weight is 437 g/mol. The van der Waals surface area contributed by atoms with Crippen LogP contribution in [0.15, 0.2) is 12.1 Å². The van der Waals surface area contributed by atoms with Crippen LogP contribution in [0.5, 0.6) is 6.01 Å². The van der Waals surface area contributed by atoms with Crippen molar-refractivity contribution in [1.29, 1.82) is 0 Å². The number of fused-ring (bicyclic) bond motifs is 1. The van der Waals surface area contributed by atoms with E-state index in [4.69, 9.17) is 4.74 Å². The minimum atomic E-state index is -4.80. The highest BCUT2D eigenvalue weighted by Gasteiger charge is 2.35. The van der Waals surface area contributed by atoms with Gasteiger partial charge in [0.2, 0.25) is 10.0 Å². The number of imidazole rings is 1. The number of sulfonamides is 1. The third-order valence-electron chi connectivity index (χ3n) is 4.93. The molecule has 1 aliphatic carbocycles. The zero-order chi connectivity index (χ0) is 21.6. The van der Waals surface area contributed by atoms with E-state index < -0.39 is 32.3 Å². The number of hydrogen-bond donors (Lipinski definition) is 2. The van der Waals surface area contributed by atoms with E-state index in [9.17, 15) is 26.0 Å². The van der Waals surface area contributed by atoms with Gasteiger partial charge in [0.25, 0.3) is 6.01 Å². The van der Waals surface area contributed by atoms with Crippen LogP contribution in [0.2, 0.25) is 0 Å². The maximum atomic E-state index is 13.7. The molecule has 6 nitrogen and oxygen atoms in total. The number of rotatable bonds is 4. The van der Waals surface area contributed by atoms with Crippen molar-refractivity contribution in [2.24, 2.45) is 0 Å². The first-order chi connectivity index (χ1) is 13.3. The second-order valence-corrected chi connectivity index (χ2v) is 10.7. The van der Waals surface area contributed by atoms with Crippen LogP contribution in [0, 0.1) is 5.82 Å². The standard InChI is InChI=1S/C18H23F4N3O3S/c1-17(2,3)29(26,27)25-10-4-6-11(7-5-10)28-16-23-14-8-12(18(20,21)22)13(19)9-15(14)24-16/h8-11,25H,4-7H2,1-3H3,(H,23,24). The number of nitrogens with zero attached hydrogens (tertiary/aromatic N) is 1. The summed E-state index contributed by atoms with van der Waals surface area (Å²) < 4.78 is 84.2. The molecule has 0 amide bonds. The number of aromatic amines is 1. The van der Waals surface area contributed by atoms with Gasteiger partial charge in [-0.1, -0.05) is 0 Å². The Balaban J connectivity index is 1.64. The summed E-state index contributed by atoms with van der Waals surface area (Å²) >= 11 is 0. The fourth-order valence-corrected chi connectivity index (χ4v) is 4.16. The highest BCUT2D eigenvalue weighted by atomic mass is 32.2. The van der Waals surface area contributed by atoms with Crippen LogP contribution in [0.25, 0.3) is 11.0 Å². The number of benzene rings is 1. The fourth-order valence-electron chi connectivity index (χ4n) is 3.13. The molecule has 1 aromatic heterocycles. The molecular weight excluding hydrogens is 414 g/mol. The molecule has 3 rings (SSSR count). The number of halogens is 4. The Morgan fingerprint density at radius 1 is 1.14 bits per heavy atom. The zero-order valence-corrected chi connectivity index (χ0v) is 17.0. The monoisotopic (exact) mass is 437 g/mol. The quantitative estimate of drug-likeness (QED) is 0.705. The Hall–Kier alpha value is -1.88. The van der Waals surface area contributed by atoms with Crippen molar-refractivity contribution in [3.8, 4) is 6.01 Å². The van der Waals surface area contributed by atoms with Crippen LogP contribution in [-0.4, -0.2) is 35.3 Å². The van der Waals surface area contributed by atoms with Crippen LogP contribution in [0.3, 0.4) is 0 Å². The van der Waals surface area contributed by atoms with E-state index in [1.807, 2.05) is 0 Å². The van der Waals surface area contributed by atoms with Crippen LogP contribution in [0.4, 0.5) is 17.6 Å². The summed E-state index contributed by atoms with van der Waals surface area (Å²) in [5.41, 5.74) is -1.30. The van der Waals surface area contributed by atoms with Gasteiger partial charge in [-0.2, -0.15) is 18.2 Å². The third kappa shape index (κ3) is 4.82. The molecule has 0 bridgehead atoms. The highest BCUT2D eigenvalue weighted by molar-refractivity contribution is 7.90. The molecule has 0 radical (unpaired) electrons. The molecule has 0 atom stereocenters. The van der Waals surface area contributed by atoms with E-state index in [2.05, 4.69) is 14.7 Å². The minimum Gasteiger partial charge on any atom is -0.461 e. The van der Waals surface area contributed by atoms with Gasteiger partial charge in [0, 0.05) is 12.1 Å². The van der Waals surface area contributed by atoms with Crippen LogP contribution in [0.1, 0.15) is 52.0 Å². The van der Waals surface area contributed by atoms with Crippen molar-refractivity contribution in [3.63, 3.8) is 0 Å². The Bertz CT molecular complexity index is 988. The summed E-state index contributed by atoms with van der Waals surface area (Å²) in [6.07, 6.45) is -2.84. The largest absolute Gasteiger partial charge is 0.461 e. The maximum absolute atomic E-state index is 13.7. The lowest BCUT2D eigenvalue weighted by Gasteiger charge is -2.31. The van der Waals surface area contributed by atoms with Gasteiger partial charge in [0.1, 0.15) is 11.9 Å². The van der Waals surface area contributed by atoms with E-state index in [1.165, 1.54) is 0 Å². The number of nitrogens with one attached hydrogen (secondary N) is 2.